The molecule has 2 rings (SSSR count). The van der Waals surface area contributed by atoms with Gasteiger partial charge in [0.2, 0.25) is 0 Å². The summed E-state index contributed by atoms with van der Waals surface area (Å²) in [5.74, 6) is 0.299. The number of nitrogens with zero attached hydrogens (tertiary/aromatic N) is 1. The molecule has 0 atom stereocenters. The molecule has 0 saturated heterocycles. The highest BCUT2D eigenvalue weighted by atomic mass is 32.2. The molecule has 1 N–H and O–H groups in total. The predicted molar refractivity (Wildman–Crippen MR) is 77.2 cm³/mol. The maximum absolute atomic E-state index is 11.8. The van der Waals surface area contributed by atoms with Crippen molar-refractivity contribution in [3.8, 4) is 5.75 Å². The number of aromatic nitrogens is 1. The number of sulfone groups is 1. The third-order valence-electron chi connectivity index (χ3n) is 3.27. The lowest BCUT2D eigenvalue weighted by molar-refractivity contribution is 0.476. The summed E-state index contributed by atoms with van der Waals surface area (Å²) in [6.45, 7) is 5.74. The topological polar surface area (TPSA) is 59.3 Å². The molecule has 0 aliphatic heterocycles. The molecule has 4 nitrogen and oxygen atoms in total. The summed E-state index contributed by atoms with van der Waals surface area (Å²) in [4.78, 5) is 0. The van der Waals surface area contributed by atoms with E-state index in [-0.39, 0.29) is 23.3 Å². The van der Waals surface area contributed by atoms with Crippen LogP contribution in [0.4, 0.5) is 0 Å². The molecular weight excluding hydrogens is 262 g/mol. The molecule has 0 amide bonds. The molecule has 1 aromatic heterocycles. The van der Waals surface area contributed by atoms with E-state index in [1.54, 1.807) is 19.1 Å². The Bertz CT molecular complexity index is 699. The summed E-state index contributed by atoms with van der Waals surface area (Å²) >= 11 is 0. The largest absolute Gasteiger partial charge is 0.508 e. The maximum atomic E-state index is 11.8. The number of fused-ring (bicyclic) bond motifs is 1. The number of hydrogen-bond acceptors (Lipinski definition) is 3. The second-order valence-electron chi connectivity index (χ2n) is 5.03. The first-order valence-electron chi connectivity index (χ1n) is 6.37. The highest BCUT2D eigenvalue weighted by Gasteiger charge is 2.16. The molecule has 5 heteroatoms. The van der Waals surface area contributed by atoms with Crippen molar-refractivity contribution < 1.29 is 13.5 Å². The van der Waals surface area contributed by atoms with Crippen LogP contribution in [0.3, 0.4) is 0 Å². The van der Waals surface area contributed by atoms with E-state index < -0.39 is 9.84 Å². The lowest BCUT2D eigenvalue weighted by Gasteiger charge is -2.08. The number of benzene rings is 1. The zero-order valence-corrected chi connectivity index (χ0v) is 12.2. The van der Waals surface area contributed by atoms with Gasteiger partial charge in [0.15, 0.2) is 9.84 Å². The summed E-state index contributed by atoms with van der Waals surface area (Å²) in [6.07, 6.45) is 1.88. The van der Waals surface area contributed by atoms with Crippen molar-refractivity contribution in [1.29, 1.82) is 0 Å². The molecule has 0 spiro atoms. The smallest absolute Gasteiger partial charge is 0.154 e. The second-order valence-corrected chi connectivity index (χ2v) is 7.39. The minimum Gasteiger partial charge on any atom is -0.508 e. The van der Waals surface area contributed by atoms with E-state index >= 15 is 0 Å². The molecule has 0 unspecified atom stereocenters. The van der Waals surface area contributed by atoms with Crippen molar-refractivity contribution in [3.63, 3.8) is 0 Å². The fourth-order valence-corrected chi connectivity index (χ4v) is 3.10. The molecule has 0 aliphatic rings. The van der Waals surface area contributed by atoms with E-state index in [4.69, 9.17) is 0 Å². The van der Waals surface area contributed by atoms with Crippen LogP contribution in [-0.2, 0) is 15.6 Å². The van der Waals surface area contributed by atoms with Crippen molar-refractivity contribution in [3.05, 3.63) is 30.0 Å². The van der Waals surface area contributed by atoms with Gasteiger partial charge in [-0.2, -0.15) is 0 Å². The van der Waals surface area contributed by atoms with Crippen LogP contribution in [0.2, 0.25) is 0 Å². The monoisotopic (exact) mass is 281 g/mol. The van der Waals surface area contributed by atoms with Crippen LogP contribution in [0.25, 0.3) is 10.9 Å². The minimum absolute atomic E-state index is 0.0170. The number of phenolic OH excluding ortho intramolecular Hbond substituents is 1. The summed E-state index contributed by atoms with van der Waals surface area (Å²) in [5.41, 5.74) is 1.70. The summed E-state index contributed by atoms with van der Waals surface area (Å²) in [5, 5.41) is 10.4. The van der Waals surface area contributed by atoms with Gasteiger partial charge in [-0.15, -0.1) is 0 Å². The molecule has 0 saturated carbocycles. The summed E-state index contributed by atoms with van der Waals surface area (Å²) in [7, 11) is -3.08. The number of aromatic hydroxyl groups is 1. The third kappa shape index (κ3) is 2.76. The van der Waals surface area contributed by atoms with Gasteiger partial charge in [0.25, 0.3) is 0 Å². The molecule has 0 aliphatic carbocycles. The quantitative estimate of drug-likeness (QED) is 0.937. The fraction of sp³-hybridized carbons (Fsp3) is 0.429. The third-order valence-corrected chi connectivity index (χ3v) is 4.90. The van der Waals surface area contributed by atoms with Crippen molar-refractivity contribution in [2.24, 2.45) is 0 Å². The van der Waals surface area contributed by atoms with Gasteiger partial charge in [-0.1, -0.05) is 6.92 Å². The molecular formula is C14H19NO3S. The minimum atomic E-state index is -3.08. The van der Waals surface area contributed by atoms with Gasteiger partial charge >= 0.3 is 0 Å². The van der Waals surface area contributed by atoms with Crippen molar-refractivity contribution >= 4 is 20.7 Å². The van der Waals surface area contributed by atoms with Gasteiger partial charge in [0, 0.05) is 28.9 Å². The first-order chi connectivity index (χ1) is 8.84. The normalized spacial score (nSPS) is 12.4. The molecule has 0 radical (unpaired) electrons. The zero-order chi connectivity index (χ0) is 14.2. The predicted octanol–water partition coefficient (Wildman–Crippen LogP) is 2.86. The first kappa shape index (κ1) is 13.9. The molecule has 0 bridgehead atoms. The Hall–Kier alpha value is -1.49. The van der Waals surface area contributed by atoms with Gasteiger partial charge in [0.1, 0.15) is 5.75 Å². The Kier molecular flexibility index (Phi) is 3.58. The highest BCUT2D eigenvalue weighted by Crippen LogP contribution is 2.29. The number of rotatable bonds is 4. The van der Waals surface area contributed by atoms with Crippen LogP contribution >= 0.6 is 0 Å². The van der Waals surface area contributed by atoms with Gasteiger partial charge in [0.05, 0.1) is 5.75 Å². The SMILES string of the molecule is CCS(=O)(=O)Cc1cn(C(C)C)c2ccc(O)cc12. The molecule has 1 heterocycles. The summed E-state index contributed by atoms with van der Waals surface area (Å²) < 4.78 is 25.6. The standard InChI is InChI=1S/C14H19NO3S/c1-4-19(17,18)9-11-8-15(10(2)3)14-6-5-12(16)7-13(11)14/h5-8,10,16H,4,9H2,1-3H3. The highest BCUT2D eigenvalue weighted by molar-refractivity contribution is 7.90. The second kappa shape index (κ2) is 4.89. The van der Waals surface area contributed by atoms with Crippen molar-refractivity contribution in [2.75, 3.05) is 5.75 Å². The van der Waals surface area contributed by atoms with Crippen LogP contribution in [-0.4, -0.2) is 23.8 Å². The van der Waals surface area contributed by atoms with Crippen LogP contribution in [0.15, 0.2) is 24.4 Å². The molecule has 1 aromatic carbocycles. The van der Waals surface area contributed by atoms with Crippen LogP contribution in [0.5, 0.6) is 5.75 Å². The lowest BCUT2D eigenvalue weighted by atomic mass is 10.2. The Labute approximate surface area is 113 Å². The van der Waals surface area contributed by atoms with E-state index in [0.29, 0.717) is 0 Å². The fourth-order valence-electron chi connectivity index (χ4n) is 2.19. The van der Waals surface area contributed by atoms with E-state index in [2.05, 4.69) is 0 Å². The van der Waals surface area contributed by atoms with Gasteiger partial charge in [-0.3, -0.25) is 0 Å². The van der Waals surface area contributed by atoms with Crippen molar-refractivity contribution in [1.82, 2.24) is 4.57 Å². The first-order valence-corrected chi connectivity index (χ1v) is 8.19. The number of hydrogen-bond donors (Lipinski definition) is 1. The molecule has 0 fully saturated rings. The van der Waals surface area contributed by atoms with E-state index in [1.165, 1.54) is 0 Å². The average molecular weight is 281 g/mol. The van der Waals surface area contributed by atoms with Crippen LogP contribution in [0, 0.1) is 0 Å². The molecule has 104 valence electrons. The average Bonchev–Trinajstić information content (AvgIpc) is 2.67. The Morgan fingerprint density at radius 3 is 2.58 bits per heavy atom. The molecule has 2 aromatic rings. The lowest BCUT2D eigenvalue weighted by Crippen LogP contribution is -2.06. The van der Waals surface area contributed by atoms with Gasteiger partial charge in [-0.25, -0.2) is 8.42 Å². The van der Waals surface area contributed by atoms with E-state index in [9.17, 15) is 13.5 Å². The van der Waals surface area contributed by atoms with Crippen LogP contribution in [0.1, 0.15) is 32.4 Å². The Morgan fingerprint density at radius 2 is 2.00 bits per heavy atom. The van der Waals surface area contributed by atoms with Gasteiger partial charge in [-0.05, 0) is 37.6 Å². The Balaban J connectivity index is 2.64. The number of phenols is 1. The van der Waals surface area contributed by atoms with Crippen LogP contribution < -0.4 is 0 Å². The zero-order valence-electron chi connectivity index (χ0n) is 11.4. The van der Waals surface area contributed by atoms with E-state index in [0.717, 1.165) is 16.5 Å². The van der Waals surface area contributed by atoms with Gasteiger partial charge < -0.3 is 9.67 Å². The maximum Gasteiger partial charge on any atom is 0.154 e. The molecule has 19 heavy (non-hydrogen) atoms. The van der Waals surface area contributed by atoms with Crippen molar-refractivity contribution in [2.45, 2.75) is 32.6 Å². The Morgan fingerprint density at radius 1 is 1.32 bits per heavy atom. The summed E-state index contributed by atoms with van der Waals surface area (Å²) in [6, 6.07) is 5.32. The van der Waals surface area contributed by atoms with E-state index in [1.807, 2.05) is 30.7 Å².